The van der Waals surface area contributed by atoms with Crippen LogP contribution in [0.3, 0.4) is 0 Å². The molecule has 0 saturated carbocycles. The molecule has 2 aromatic rings. The number of hydrogen-bond donors (Lipinski definition) is 1. The third-order valence-corrected chi connectivity index (χ3v) is 4.89. The monoisotopic (exact) mass is 364 g/mol. The number of sulfonamides is 1. The fourth-order valence-corrected chi connectivity index (χ4v) is 3.25. The predicted molar refractivity (Wildman–Crippen MR) is 96.3 cm³/mol. The number of rotatable bonds is 6. The van der Waals surface area contributed by atoms with Crippen molar-refractivity contribution in [2.75, 3.05) is 17.1 Å². The maximum Gasteiger partial charge on any atom is 0.241 e. The Bertz CT molecular complexity index is 851. The number of nitrogens with one attached hydrogen (secondary N) is 1. The summed E-state index contributed by atoms with van der Waals surface area (Å²) in [5.74, 6) is -1.21. The van der Waals surface area contributed by atoms with Crippen LogP contribution in [0.4, 0.5) is 10.1 Å². The first-order valence-corrected chi connectivity index (χ1v) is 9.61. The van der Waals surface area contributed by atoms with Gasteiger partial charge in [-0.2, -0.15) is 0 Å². The average Bonchev–Trinajstić information content (AvgIpc) is 2.53. The van der Waals surface area contributed by atoms with Gasteiger partial charge < -0.3 is 5.32 Å². The molecule has 0 aliphatic heterocycles. The molecule has 2 aromatic carbocycles. The Labute approximate surface area is 147 Å². The molecule has 2 rings (SSSR count). The lowest BCUT2D eigenvalue weighted by molar-refractivity contribution is -0.120. The molecule has 7 heteroatoms. The quantitative estimate of drug-likeness (QED) is 0.857. The van der Waals surface area contributed by atoms with Gasteiger partial charge in [-0.15, -0.1) is 0 Å². The van der Waals surface area contributed by atoms with Gasteiger partial charge in [0.15, 0.2) is 0 Å². The van der Waals surface area contributed by atoms with Crippen molar-refractivity contribution in [3.8, 4) is 0 Å². The van der Waals surface area contributed by atoms with E-state index in [-0.39, 0.29) is 11.7 Å². The number of aryl methyl sites for hydroxylation is 1. The fraction of sp³-hybridized carbons (Fsp3) is 0.278. The van der Waals surface area contributed by atoms with Crippen LogP contribution in [0.1, 0.15) is 24.1 Å². The highest BCUT2D eigenvalue weighted by atomic mass is 32.2. The Morgan fingerprint density at radius 3 is 2.32 bits per heavy atom. The lowest BCUT2D eigenvalue weighted by atomic mass is 10.1. The summed E-state index contributed by atoms with van der Waals surface area (Å²) in [4.78, 5) is 12.3. The summed E-state index contributed by atoms with van der Waals surface area (Å²) in [5, 5.41) is 2.74. The van der Waals surface area contributed by atoms with Gasteiger partial charge in [-0.05, 0) is 31.5 Å². The van der Waals surface area contributed by atoms with Crippen LogP contribution in [0.25, 0.3) is 0 Å². The Morgan fingerprint density at radius 1 is 1.16 bits per heavy atom. The molecule has 0 spiro atoms. The molecular formula is C18H21FN2O3S. The SMILES string of the molecule is Cc1ccc([C@H](C)NC(=O)CN(c2ccccc2F)S(C)(=O)=O)cc1. The number of carbonyl (C=O) groups is 1. The first kappa shape index (κ1) is 18.9. The van der Waals surface area contributed by atoms with Gasteiger partial charge in [0, 0.05) is 0 Å². The molecule has 25 heavy (non-hydrogen) atoms. The maximum atomic E-state index is 13.9. The molecule has 0 bridgehead atoms. The average molecular weight is 364 g/mol. The van der Waals surface area contributed by atoms with Crippen molar-refractivity contribution in [1.29, 1.82) is 0 Å². The number of anilines is 1. The predicted octanol–water partition coefficient (Wildman–Crippen LogP) is 2.78. The maximum absolute atomic E-state index is 13.9. The molecule has 1 amide bonds. The zero-order valence-electron chi connectivity index (χ0n) is 14.4. The van der Waals surface area contributed by atoms with Crippen LogP contribution in [-0.4, -0.2) is 27.1 Å². The number of amides is 1. The number of carbonyl (C=O) groups excluding carboxylic acids is 1. The molecule has 0 radical (unpaired) electrons. The lowest BCUT2D eigenvalue weighted by Crippen LogP contribution is -2.41. The summed E-state index contributed by atoms with van der Waals surface area (Å²) in [6.07, 6.45) is 0.941. The van der Waals surface area contributed by atoms with E-state index >= 15 is 0 Å². The van der Waals surface area contributed by atoms with Crippen LogP contribution in [0, 0.1) is 12.7 Å². The molecule has 0 saturated heterocycles. The molecule has 0 heterocycles. The second kappa shape index (κ2) is 7.65. The minimum atomic E-state index is -3.81. The Kier molecular flexibility index (Phi) is 5.79. The van der Waals surface area contributed by atoms with Crippen molar-refractivity contribution in [1.82, 2.24) is 5.32 Å². The van der Waals surface area contributed by atoms with Gasteiger partial charge in [0.2, 0.25) is 15.9 Å². The van der Waals surface area contributed by atoms with Gasteiger partial charge in [-0.3, -0.25) is 9.10 Å². The van der Waals surface area contributed by atoms with E-state index in [1.54, 1.807) is 6.92 Å². The van der Waals surface area contributed by atoms with Gasteiger partial charge in [0.25, 0.3) is 0 Å². The van der Waals surface area contributed by atoms with Crippen molar-refractivity contribution in [2.24, 2.45) is 0 Å². The standard InChI is InChI=1S/C18H21FN2O3S/c1-13-8-10-15(11-9-13)14(2)20-18(22)12-21(25(3,23)24)17-7-5-4-6-16(17)19/h4-11,14H,12H2,1-3H3,(H,20,22)/t14-/m0/s1. The minimum absolute atomic E-state index is 0.150. The summed E-state index contributed by atoms with van der Waals surface area (Å²) in [6, 6.07) is 12.8. The number of benzene rings is 2. The number of nitrogens with zero attached hydrogens (tertiary/aromatic N) is 1. The summed E-state index contributed by atoms with van der Waals surface area (Å²) < 4.78 is 38.7. The molecule has 5 nitrogen and oxygen atoms in total. The van der Waals surface area contributed by atoms with E-state index in [0.717, 1.165) is 27.8 Å². The Balaban J connectivity index is 2.15. The molecule has 134 valence electrons. The number of hydrogen-bond acceptors (Lipinski definition) is 3. The Morgan fingerprint density at radius 2 is 1.76 bits per heavy atom. The van der Waals surface area contributed by atoms with Crippen molar-refractivity contribution in [2.45, 2.75) is 19.9 Å². The normalized spacial score (nSPS) is 12.5. The van der Waals surface area contributed by atoms with Gasteiger partial charge >= 0.3 is 0 Å². The van der Waals surface area contributed by atoms with Gasteiger partial charge in [-0.25, -0.2) is 12.8 Å². The van der Waals surface area contributed by atoms with Crippen molar-refractivity contribution >= 4 is 21.6 Å². The minimum Gasteiger partial charge on any atom is -0.348 e. The van der Waals surface area contributed by atoms with E-state index in [1.165, 1.54) is 18.2 Å². The van der Waals surface area contributed by atoms with E-state index in [1.807, 2.05) is 31.2 Å². The molecule has 1 atom stereocenters. The van der Waals surface area contributed by atoms with Crippen molar-refractivity contribution < 1.29 is 17.6 Å². The number of para-hydroxylation sites is 1. The first-order valence-electron chi connectivity index (χ1n) is 7.76. The number of halogens is 1. The zero-order valence-corrected chi connectivity index (χ0v) is 15.2. The van der Waals surface area contributed by atoms with Crippen LogP contribution in [0.5, 0.6) is 0 Å². The van der Waals surface area contributed by atoms with E-state index in [9.17, 15) is 17.6 Å². The van der Waals surface area contributed by atoms with Crippen LogP contribution in [-0.2, 0) is 14.8 Å². The van der Waals surface area contributed by atoms with Crippen molar-refractivity contribution in [3.05, 3.63) is 65.5 Å². The highest BCUT2D eigenvalue weighted by Crippen LogP contribution is 2.21. The highest BCUT2D eigenvalue weighted by molar-refractivity contribution is 7.92. The van der Waals surface area contributed by atoms with Crippen LogP contribution < -0.4 is 9.62 Å². The molecular weight excluding hydrogens is 343 g/mol. The van der Waals surface area contributed by atoms with E-state index in [4.69, 9.17) is 0 Å². The smallest absolute Gasteiger partial charge is 0.241 e. The van der Waals surface area contributed by atoms with Crippen molar-refractivity contribution in [3.63, 3.8) is 0 Å². The summed E-state index contributed by atoms with van der Waals surface area (Å²) in [6.45, 7) is 3.28. The first-order chi connectivity index (χ1) is 11.7. The lowest BCUT2D eigenvalue weighted by Gasteiger charge is -2.23. The van der Waals surface area contributed by atoms with Gasteiger partial charge in [0.05, 0.1) is 18.0 Å². The van der Waals surface area contributed by atoms with E-state index in [2.05, 4.69) is 5.32 Å². The zero-order chi connectivity index (χ0) is 18.6. The molecule has 0 unspecified atom stereocenters. The van der Waals surface area contributed by atoms with Gasteiger partial charge in [0.1, 0.15) is 12.4 Å². The summed E-state index contributed by atoms with van der Waals surface area (Å²) in [5.41, 5.74) is 1.85. The van der Waals surface area contributed by atoms with E-state index in [0.29, 0.717) is 0 Å². The van der Waals surface area contributed by atoms with Crippen LogP contribution in [0.15, 0.2) is 48.5 Å². The fourth-order valence-electron chi connectivity index (χ4n) is 2.39. The third kappa shape index (κ3) is 5.03. The summed E-state index contributed by atoms with van der Waals surface area (Å²) in [7, 11) is -3.81. The van der Waals surface area contributed by atoms with Crippen LogP contribution >= 0.6 is 0 Å². The van der Waals surface area contributed by atoms with E-state index < -0.39 is 28.3 Å². The largest absolute Gasteiger partial charge is 0.348 e. The molecule has 0 aliphatic rings. The summed E-state index contributed by atoms with van der Waals surface area (Å²) >= 11 is 0. The highest BCUT2D eigenvalue weighted by Gasteiger charge is 2.24. The van der Waals surface area contributed by atoms with Gasteiger partial charge in [-0.1, -0.05) is 42.0 Å². The van der Waals surface area contributed by atoms with Crippen LogP contribution in [0.2, 0.25) is 0 Å². The molecule has 1 N–H and O–H groups in total. The topological polar surface area (TPSA) is 66.5 Å². The Hall–Kier alpha value is -2.41. The second-order valence-electron chi connectivity index (χ2n) is 5.92. The molecule has 0 aliphatic carbocycles. The molecule has 0 aromatic heterocycles. The third-order valence-electron chi connectivity index (χ3n) is 3.76. The molecule has 0 fully saturated rings. The second-order valence-corrected chi connectivity index (χ2v) is 7.83.